The van der Waals surface area contributed by atoms with Gasteiger partial charge in [0, 0.05) is 45.4 Å². The molecule has 2 rings (SSSR count). The normalized spacial score (nSPS) is 15.9. The molecule has 1 amide bonds. The van der Waals surface area contributed by atoms with Gasteiger partial charge >= 0.3 is 0 Å². The first-order chi connectivity index (χ1) is 8.70. The van der Waals surface area contributed by atoms with Gasteiger partial charge in [-0.2, -0.15) is 0 Å². The van der Waals surface area contributed by atoms with Crippen molar-refractivity contribution in [2.24, 2.45) is 0 Å². The first kappa shape index (κ1) is 12.9. The van der Waals surface area contributed by atoms with Gasteiger partial charge in [-0.05, 0) is 24.1 Å². The zero-order valence-electron chi connectivity index (χ0n) is 10.8. The third-order valence-electron chi connectivity index (χ3n) is 3.43. The maximum Gasteiger partial charge on any atom is 0.219 e. The fourth-order valence-corrected chi connectivity index (χ4v) is 2.28. The molecule has 1 N–H and O–H groups in total. The minimum atomic E-state index is 0.160. The van der Waals surface area contributed by atoms with E-state index >= 15 is 0 Å². The highest BCUT2D eigenvalue weighted by atomic mass is 16.2. The molecule has 0 aliphatic carbocycles. The lowest BCUT2D eigenvalue weighted by Crippen LogP contribution is -2.48. The van der Waals surface area contributed by atoms with Crippen LogP contribution in [-0.2, 0) is 11.2 Å². The smallest absolute Gasteiger partial charge is 0.219 e. The second-order valence-corrected chi connectivity index (χ2v) is 4.63. The predicted octanol–water partition coefficient (Wildman–Crippen LogP) is 0.890. The lowest BCUT2D eigenvalue weighted by Gasteiger charge is -2.35. The molecule has 1 aliphatic rings. The standard InChI is InChI=1S/C14H20N2O2/c1-12(18)15-7-9-16(10-8-15)14-4-2-13(3-5-14)6-11-17/h2-5,17H,6-11H2,1H3. The van der Waals surface area contributed by atoms with Crippen LogP contribution < -0.4 is 4.90 Å². The van der Waals surface area contributed by atoms with Crippen LogP contribution in [0.1, 0.15) is 12.5 Å². The molecule has 18 heavy (non-hydrogen) atoms. The van der Waals surface area contributed by atoms with Gasteiger partial charge in [0.1, 0.15) is 0 Å². The molecule has 0 radical (unpaired) electrons. The summed E-state index contributed by atoms with van der Waals surface area (Å²) >= 11 is 0. The van der Waals surface area contributed by atoms with Crippen LogP contribution in [0.25, 0.3) is 0 Å². The lowest BCUT2D eigenvalue weighted by molar-refractivity contribution is -0.129. The van der Waals surface area contributed by atoms with E-state index in [1.807, 2.05) is 4.90 Å². The summed E-state index contributed by atoms with van der Waals surface area (Å²) in [6.07, 6.45) is 0.707. The molecule has 0 bridgehead atoms. The van der Waals surface area contributed by atoms with Gasteiger partial charge in [0.15, 0.2) is 0 Å². The fraction of sp³-hybridized carbons (Fsp3) is 0.500. The summed E-state index contributed by atoms with van der Waals surface area (Å²) in [4.78, 5) is 15.4. The molecule has 0 atom stereocenters. The molecular weight excluding hydrogens is 228 g/mol. The van der Waals surface area contributed by atoms with Gasteiger partial charge in [0.2, 0.25) is 5.91 Å². The summed E-state index contributed by atoms with van der Waals surface area (Å²) in [7, 11) is 0. The molecule has 1 aromatic carbocycles. The van der Waals surface area contributed by atoms with Crippen molar-refractivity contribution >= 4 is 11.6 Å². The number of aliphatic hydroxyl groups excluding tert-OH is 1. The quantitative estimate of drug-likeness (QED) is 0.864. The van der Waals surface area contributed by atoms with Crippen LogP contribution in [0, 0.1) is 0 Å². The summed E-state index contributed by atoms with van der Waals surface area (Å²) in [5.41, 5.74) is 2.35. The van der Waals surface area contributed by atoms with Gasteiger partial charge in [0.25, 0.3) is 0 Å². The van der Waals surface area contributed by atoms with Crippen LogP contribution in [0.15, 0.2) is 24.3 Å². The van der Waals surface area contributed by atoms with Gasteiger partial charge in [0.05, 0.1) is 0 Å². The summed E-state index contributed by atoms with van der Waals surface area (Å²) in [6, 6.07) is 8.30. The van der Waals surface area contributed by atoms with Crippen molar-refractivity contribution < 1.29 is 9.90 Å². The van der Waals surface area contributed by atoms with E-state index in [2.05, 4.69) is 29.2 Å². The Bertz CT molecular complexity index is 395. The van der Waals surface area contributed by atoms with Crippen molar-refractivity contribution in [3.05, 3.63) is 29.8 Å². The van der Waals surface area contributed by atoms with Crippen molar-refractivity contribution in [1.82, 2.24) is 4.90 Å². The van der Waals surface area contributed by atoms with Crippen molar-refractivity contribution in [2.75, 3.05) is 37.7 Å². The second-order valence-electron chi connectivity index (χ2n) is 4.63. The molecule has 4 nitrogen and oxygen atoms in total. The fourth-order valence-electron chi connectivity index (χ4n) is 2.28. The summed E-state index contributed by atoms with van der Waals surface area (Å²) in [5, 5.41) is 8.87. The van der Waals surface area contributed by atoms with Crippen LogP contribution in [-0.4, -0.2) is 48.7 Å². The van der Waals surface area contributed by atoms with E-state index in [0.717, 1.165) is 31.7 Å². The van der Waals surface area contributed by atoms with Crippen molar-refractivity contribution in [3.63, 3.8) is 0 Å². The second kappa shape index (κ2) is 5.87. The number of carbonyl (C=O) groups excluding carboxylic acids is 1. The maximum atomic E-state index is 11.2. The number of aliphatic hydroxyl groups is 1. The molecule has 98 valence electrons. The Morgan fingerprint density at radius 1 is 1.17 bits per heavy atom. The highest BCUT2D eigenvalue weighted by Gasteiger charge is 2.18. The van der Waals surface area contributed by atoms with Crippen molar-refractivity contribution in [3.8, 4) is 0 Å². The molecule has 0 spiro atoms. The summed E-state index contributed by atoms with van der Waals surface area (Å²) in [6.45, 7) is 5.19. The van der Waals surface area contributed by atoms with Crippen molar-refractivity contribution in [1.29, 1.82) is 0 Å². The van der Waals surface area contributed by atoms with E-state index in [9.17, 15) is 4.79 Å². The summed E-state index contributed by atoms with van der Waals surface area (Å²) < 4.78 is 0. The first-order valence-corrected chi connectivity index (χ1v) is 6.41. The lowest BCUT2D eigenvalue weighted by atomic mass is 10.1. The van der Waals surface area contributed by atoms with Crippen LogP contribution in [0.2, 0.25) is 0 Å². The minimum absolute atomic E-state index is 0.160. The van der Waals surface area contributed by atoms with Crippen LogP contribution in [0.4, 0.5) is 5.69 Å². The van der Waals surface area contributed by atoms with E-state index in [4.69, 9.17) is 5.11 Å². The first-order valence-electron chi connectivity index (χ1n) is 6.41. The van der Waals surface area contributed by atoms with Gasteiger partial charge in [-0.1, -0.05) is 12.1 Å². The van der Waals surface area contributed by atoms with Crippen molar-refractivity contribution in [2.45, 2.75) is 13.3 Å². The Hall–Kier alpha value is -1.55. The Morgan fingerprint density at radius 2 is 1.78 bits per heavy atom. The highest BCUT2D eigenvalue weighted by Crippen LogP contribution is 2.17. The molecule has 0 aromatic heterocycles. The average Bonchev–Trinajstić information content (AvgIpc) is 2.40. The minimum Gasteiger partial charge on any atom is -0.396 e. The number of piperazine rings is 1. The van der Waals surface area contributed by atoms with Gasteiger partial charge in [-0.3, -0.25) is 4.79 Å². The van der Waals surface area contributed by atoms with E-state index in [1.165, 1.54) is 5.69 Å². The number of benzene rings is 1. The molecule has 0 saturated carbocycles. The number of hydrogen-bond donors (Lipinski definition) is 1. The number of anilines is 1. The van der Waals surface area contributed by atoms with E-state index < -0.39 is 0 Å². The molecular formula is C14H20N2O2. The van der Waals surface area contributed by atoms with Gasteiger partial charge < -0.3 is 14.9 Å². The highest BCUT2D eigenvalue weighted by molar-refractivity contribution is 5.73. The van der Waals surface area contributed by atoms with Crippen LogP contribution in [0.5, 0.6) is 0 Å². The Kier molecular flexibility index (Phi) is 4.20. The number of rotatable bonds is 3. The maximum absolute atomic E-state index is 11.2. The predicted molar refractivity (Wildman–Crippen MR) is 71.7 cm³/mol. The molecule has 4 heteroatoms. The van der Waals surface area contributed by atoms with Gasteiger partial charge in [-0.15, -0.1) is 0 Å². The van der Waals surface area contributed by atoms with Gasteiger partial charge in [-0.25, -0.2) is 0 Å². The molecule has 0 unspecified atom stereocenters. The van der Waals surface area contributed by atoms with Crippen LogP contribution >= 0.6 is 0 Å². The van der Waals surface area contributed by atoms with E-state index in [0.29, 0.717) is 6.42 Å². The largest absolute Gasteiger partial charge is 0.396 e. The number of nitrogens with zero attached hydrogens (tertiary/aromatic N) is 2. The van der Waals surface area contributed by atoms with E-state index in [1.54, 1.807) is 6.92 Å². The molecule has 1 heterocycles. The zero-order chi connectivity index (χ0) is 13.0. The topological polar surface area (TPSA) is 43.8 Å². The third-order valence-corrected chi connectivity index (χ3v) is 3.43. The molecule has 1 fully saturated rings. The number of amides is 1. The molecule has 1 aliphatic heterocycles. The Balaban J connectivity index is 1.95. The van der Waals surface area contributed by atoms with Crippen LogP contribution in [0.3, 0.4) is 0 Å². The SMILES string of the molecule is CC(=O)N1CCN(c2ccc(CCO)cc2)CC1. The average molecular weight is 248 g/mol. The zero-order valence-corrected chi connectivity index (χ0v) is 10.8. The monoisotopic (exact) mass is 248 g/mol. The third kappa shape index (κ3) is 3.01. The Labute approximate surface area is 108 Å². The molecule has 1 saturated heterocycles. The molecule has 1 aromatic rings. The van der Waals surface area contributed by atoms with E-state index in [-0.39, 0.29) is 12.5 Å². The number of carbonyl (C=O) groups is 1. The summed E-state index contributed by atoms with van der Waals surface area (Å²) in [5.74, 6) is 0.160. The Morgan fingerprint density at radius 3 is 2.28 bits per heavy atom. The number of hydrogen-bond acceptors (Lipinski definition) is 3.